The number of hydrogen-bond acceptors (Lipinski definition) is 9. The van der Waals surface area contributed by atoms with Crippen molar-refractivity contribution in [3.63, 3.8) is 0 Å². The number of nitro groups is 1. The molecule has 0 saturated carbocycles. The molecule has 2 rings (SSSR count). The topological polar surface area (TPSA) is 136 Å². The van der Waals surface area contributed by atoms with E-state index in [9.17, 15) is 10.1 Å². The van der Waals surface area contributed by atoms with Gasteiger partial charge in [-0.1, -0.05) is 0 Å². The third-order valence-corrected chi connectivity index (χ3v) is 2.36. The molecule has 1 heterocycles. The summed E-state index contributed by atoms with van der Waals surface area (Å²) in [6.45, 7) is 0. The van der Waals surface area contributed by atoms with Crippen molar-refractivity contribution in [3.05, 3.63) is 28.3 Å². The Morgan fingerprint density at radius 2 is 1.86 bits per heavy atom. The van der Waals surface area contributed by atoms with Gasteiger partial charge in [-0.25, -0.2) is 0 Å². The number of anilines is 1. The summed E-state index contributed by atoms with van der Waals surface area (Å²) in [4.78, 5) is 21.6. The molecule has 110 valence electrons. The first-order valence-electron chi connectivity index (χ1n) is 5.59. The van der Waals surface area contributed by atoms with Crippen molar-refractivity contribution in [1.29, 1.82) is 0 Å². The van der Waals surface area contributed by atoms with Crippen LogP contribution >= 0.6 is 0 Å². The first kappa shape index (κ1) is 14.2. The molecular formula is C11H11N5O5. The van der Waals surface area contributed by atoms with Crippen molar-refractivity contribution in [2.75, 3.05) is 20.0 Å². The third kappa shape index (κ3) is 3.23. The second-order valence-corrected chi connectivity index (χ2v) is 3.66. The van der Waals surface area contributed by atoms with Gasteiger partial charge in [-0.15, -0.1) is 4.98 Å². The van der Waals surface area contributed by atoms with Crippen LogP contribution in [0.15, 0.2) is 18.2 Å². The number of rotatable bonds is 5. The van der Waals surface area contributed by atoms with Crippen LogP contribution in [0.1, 0.15) is 0 Å². The van der Waals surface area contributed by atoms with Crippen molar-refractivity contribution >= 4 is 11.6 Å². The minimum atomic E-state index is -0.601. The molecule has 0 aliphatic carbocycles. The van der Waals surface area contributed by atoms with Crippen molar-refractivity contribution in [2.24, 2.45) is 0 Å². The summed E-state index contributed by atoms with van der Waals surface area (Å²) < 4.78 is 15.1. The second-order valence-electron chi connectivity index (χ2n) is 3.66. The lowest BCUT2D eigenvalue weighted by molar-refractivity contribution is -0.385. The standard InChI is InChI=1S/C11H11N5O5/c1-19-6-3-4-7(16(17)18)8(5-6)21-11-14-9(12)13-10(15-11)20-2/h3-5H,1-2H3,(H2,12,13,14,15). The maximum atomic E-state index is 11.0. The molecule has 0 radical (unpaired) electrons. The summed E-state index contributed by atoms with van der Waals surface area (Å²) in [6.07, 6.45) is 0. The number of nitro benzene ring substituents is 1. The maximum absolute atomic E-state index is 11.0. The molecule has 10 heteroatoms. The first-order valence-corrected chi connectivity index (χ1v) is 5.59. The van der Waals surface area contributed by atoms with E-state index in [1.807, 2.05) is 0 Å². The number of nitrogen functional groups attached to an aromatic ring is 1. The zero-order chi connectivity index (χ0) is 15.4. The molecule has 1 aromatic heterocycles. The minimum Gasteiger partial charge on any atom is -0.497 e. The van der Waals surface area contributed by atoms with Crippen LogP contribution in [0.4, 0.5) is 11.6 Å². The predicted molar refractivity (Wildman–Crippen MR) is 70.5 cm³/mol. The SMILES string of the molecule is COc1ccc([N+](=O)[O-])c(Oc2nc(N)nc(OC)n2)c1. The molecule has 0 bridgehead atoms. The molecule has 2 aromatic rings. The fourth-order valence-electron chi connectivity index (χ4n) is 1.44. The highest BCUT2D eigenvalue weighted by molar-refractivity contribution is 5.51. The number of methoxy groups -OCH3 is 2. The summed E-state index contributed by atoms with van der Waals surface area (Å²) in [5, 5.41) is 11.0. The van der Waals surface area contributed by atoms with E-state index in [0.29, 0.717) is 5.75 Å². The highest BCUT2D eigenvalue weighted by Gasteiger charge is 2.19. The summed E-state index contributed by atoms with van der Waals surface area (Å²) in [7, 11) is 2.77. The van der Waals surface area contributed by atoms with Crippen LogP contribution in [-0.4, -0.2) is 34.1 Å². The Labute approximate surface area is 118 Å². The van der Waals surface area contributed by atoms with Crippen LogP contribution in [-0.2, 0) is 0 Å². The van der Waals surface area contributed by atoms with Gasteiger partial charge in [-0.05, 0) is 6.07 Å². The molecule has 0 aliphatic heterocycles. The van der Waals surface area contributed by atoms with E-state index in [1.54, 1.807) is 0 Å². The molecule has 0 amide bonds. The fourth-order valence-corrected chi connectivity index (χ4v) is 1.44. The van der Waals surface area contributed by atoms with Gasteiger partial charge in [-0.2, -0.15) is 9.97 Å². The molecule has 0 atom stereocenters. The molecule has 0 unspecified atom stereocenters. The van der Waals surface area contributed by atoms with Gasteiger partial charge in [0, 0.05) is 12.1 Å². The monoisotopic (exact) mass is 293 g/mol. The van der Waals surface area contributed by atoms with Crippen molar-refractivity contribution in [1.82, 2.24) is 15.0 Å². The van der Waals surface area contributed by atoms with E-state index in [0.717, 1.165) is 0 Å². The molecule has 0 fully saturated rings. The second kappa shape index (κ2) is 5.86. The number of hydrogen-bond donors (Lipinski definition) is 1. The normalized spacial score (nSPS) is 10.0. The number of nitrogens with zero attached hydrogens (tertiary/aromatic N) is 4. The number of ether oxygens (including phenoxy) is 3. The Balaban J connectivity index is 2.42. The van der Waals surface area contributed by atoms with Crippen molar-refractivity contribution in [2.45, 2.75) is 0 Å². The Kier molecular flexibility index (Phi) is 3.97. The number of benzene rings is 1. The average molecular weight is 293 g/mol. The van der Waals surface area contributed by atoms with E-state index in [-0.39, 0.29) is 29.4 Å². The predicted octanol–water partition coefficient (Wildman–Crippen LogP) is 1.17. The summed E-state index contributed by atoms with van der Waals surface area (Å²) in [6, 6.07) is 3.73. The maximum Gasteiger partial charge on any atom is 0.330 e. The van der Waals surface area contributed by atoms with E-state index in [1.165, 1.54) is 32.4 Å². The number of nitrogens with two attached hydrogens (primary N) is 1. The third-order valence-electron chi connectivity index (χ3n) is 2.36. The van der Waals surface area contributed by atoms with Crippen LogP contribution in [0.25, 0.3) is 0 Å². The average Bonchev–Trinajstić information content (AvgIpc) is 2.46. The lowest BCUT2D eigenvalue weighted by Gasteiger charge is -2.07. The van der Waals surface area contributed by atoms with Gasteiger partial charge in [0.05, 0.1) is 19.1 Å². The van der Waals surface area contributed by atoms with Crippen molar-refractivity contribution in [3.8, 4) is 23.5 Å². The van der Waals surface area contributed by atoms with Crippen LogP contribution in [0.3, 0.4) is 0 Å². The van der Waals surface area contributed by atoms with Crippen molar-refractivity contribution < 1.29 is 19.1 Å². The Bertz CT molecular complexity index is 678. The van der Waals surface area contributed by atoms with Crippen LogP contribution < -0.4 is 19.9 Å². The van der Waals surface area contributed by atoms with Gasteiger partial charge in [-0.3, -0.25) is 10.1 Å². The molecule has 21 heavy (non-hydrogen) atoms. The Hall–Kier alpha value is -3.17. The largest absolute Gasteiger partial charge is 0.497 e. The Morgan fingerprint density at radius 1 is 1.14 bits per heavy atom. The fraction of sp³-hybridized carbons (Fsp3) is 0.182. The minimum absolute atomic E-state index is 0.0666. The highest BCUT2D eigenvalue weighted by atomic mass is 16.6. The zero-order valence-corrected chi connectivity index (χ0v) is 11.1. The van der Waals surface area contributed by atoms with Crippen LogP contribution in [0.2, 0.25) is 0 Å². The lowest BCUT2D eigenvalue weighted by Crippen LogP contribution is -2.03. The first-order chi connectivity index (χ1) is 10.0. The van der Waals surface area contributed by atoms with Gasteiger partial charge in [0.2, 0.25) is 11.7 Å². The molecule has 10 nitrogen and oxygen atoms in total. The smallest absolute Gasteiger partial charge is 0.330 e. The van der Waals surface area contributed by atoms with E-state index in [2.05, 4.69) is 15.0 Å². The Morgan fingerprint density at radius 3 is 2.48 bits per heavy atom. The van der Waals surface area contributed by atoms with Crippen LogP contribution in [0, 0.1) is 10.1 Å². The van der Waals surface area contributed by atoms with Gasteiger partial charge in [0.15, 0.2) is 0 Å². The van der Waals surface area contributed by atoms with Gasteiger partial charge in [0.25, 0.3) is 0 Å². The molecule has 0 aliphatic rings. The summed E-state index contributed by atoms with van der Waals surface area (Å²) >= 11 is 0. The zero-order valence-electron chi connectivity index (χ0n) is 11.1. The van der Waals surface area contributed by atoms with Gasteiger partial charge >= 0.3 is 17.7 Å². The van der Waals surface area contributed by atoms with Gasteiger partial charge < -0.3 is 19.9 Å². The highest BCUT2D eigenvalue weighted by Crippen LogP contribution is 2.33. The lowest BCUT2D eigenvalue weighted by atomic mass is 10.3. The molecular weight excluding hydrogens is 282 g/mol. The van der Waals surface area contributed by atoms with Gasteiger partial charge in [0.1, 0.15) is 5.75 Å². The number of aromatic nitrogens is 3. The van der Waals surface area contributed by atoms with Crippen LogP contribution in [0.5, 0.6) is 23.5 Å². The van der Waals surface area contributed by atoms with E-state index in [4.69, 9.17) is 19.9 Å². The molecule has 0 spiro atoms. The van der Waals surface area contributed by atoms with E-state index >= 15 is 0 Å². The summed E-state index contributed by atoms with van der Waals surface area (Å²) in [5.74, 6) is 0.152. The summed E-state index contributed by atoms with van der Waals surface area (Å²) in [5.41, 5.74) is 5.19. The quantitative estimate of drug-likeness (QED) is 0.636. The van der Waals surface area contributed by atoms with E-state index < -0.39 is 4.92 Å². The molecule has 1 aromatic carbocycles. The molecule has 2 N–H and O–H groups in total. The molecule has 0 saturated heterocycles.